The molecule has 1 aliphatic carbocycles. The number of rotatable bonds is 9. The zero-order chi connectivity index (χ0) is 34.7. The monoisotopic (exact) mass is 732 g/mol. The number of aromatic nitrogens is 2. The number of carboxylic acid groups (broad SMARTS) is 1. The molecule has 15 nitrogen and oxygen atoms in total. The number of fused-ring (bicyclic) bond motifs is 2. The Bertz CT molecular complexity index is 2010. The summed E-state index contributed by atoms with van der Waals surface area (Å²) in [4.78, 5) is 72.0. The lowest BCUT2D eigenvalue weighted by atomic mass is 10.0. The van der Waals surface area contributed by atoms with Gasteiger partial charge in [-0.3, -0.25) is 19.3 Å². The van der Waals surface area contributed by atoms with Crippen molar-refractivity contribution in [3.63, 3.8) is 0 Å². The third-order valence-electron chi connectivity index (χ3n) is 8.84. The van der Waals surface area contributed by atoms with E-state index in [-0.39, 0.29) is 55.6 Å². The molecule has 3 atom stereocenters. The summed E-state index contributed by atoms with van der Waals surface area (Å²) in [5.41, 5.74) is 11.0. The Morgan fingerprint density at radius 3 is 2.63 bits per heavy atom. The van der Waals surface area contributed by atoms with Crippen molar-refractivity contribution in [2.24, 2.45) is 5.73 Å². The minimum Gasteiger partial charge on any atom is -0.477 e. The zero-order valence-electron chi connectivity index (χ0n) is 25.6. The van der Waals surface area contributed by atoms with Crippen LogP contribution >= 0.6 is 34.7 Å². The normalized spacial score (nSPS) is 21.3. The third kappa shape index (κ3) is 5.90. The first-order chi connectivity index (χ1) is 23.5. The lowest BCUT2D eigenvalue weighted by Gasteiger charge is -2.49. The van der Waals surface area contributed by atoms with Gasteiger partial charge in [0.25, 0.3) is 5.91 Å². The van der Waals surface area contributed by atoms with Crippen LogP contribution in [0.15, 0.2) is 33.7 Å². The molecule has 4 aliphatic rings. The number of ether oxygens (including phenoxy) is 1. The predicted octanol–water partition coefficient (Wildman–Crippen LogP) is 1.17. The summed E-state index contributed by atoms with van der Waals surface area (Å²) >= 11 is 9.05. The van der Waals surface area contributed by atoms with Crippen LogP contribution in [0.1, 0.15) is 41.0 Å². The number of β-lactam (4-membered cyclic amide) rings is 1. The van der Waals surface area contributed by atoms with Gasteiger partial charge in [0.1, 0.15) is 41.1 Å². The van der Waals surface area contributed by atoms with Crippen molar-refractivity contribution in [2.45, 2.75) is 36.3 Å². The molecule has 0 unspecified atom stereocenters. The number of carboxylic acids is 1. The molecule has 2 aromatic heterocycles. The second kappa shape index (κ2) is 12.9. The van der Waals surface area contributed by atoms with Crippen LogP contribution < -0.4 is 32.4 Å². The molecule has 0 spiro atoms. The van der Waals surface area contributed by atoms with E-state index in [4.69, 9.17) is 27.8 Å². The molecule has 258 valence electrons. The van der Waals surface area contributed by atoms with Crippen LogP contribution in [0.25, 0.3) is 10.9 Å². The van der Waals surface area contributed by atoms with E-state index in [0.717, 1.165) is 46.9 Å². The van der Waals surface area contributed by atoms with E-state index < -0.39 is 59.1 Å². The predicted molar refractivity (Wildman–Crippen MR) is 180 cm³/mol. The minimum atomic E-state index is -1.43. The maximum Gasteiger partial charge on any atom is 0.352 e. The van der Waals surface area contributed by atoms with E-state index >= 15 is 4.39 Å². The highest BCUT2D eigenvalue weighted by Crippen LogP contribution is 2.43. The van der Waals surface area contributed by atoms with E-state index in [2.05, 4.69) is 15.6 Å². The van der Waals surface area contributed by atoms with Gasteiger partial charge in [-0.15, -0.1) is 23.1 Å². The molecule has 2 amide bonds. The third-order valence-corrected chi connectivity index (χ3v) is 11.2. The summed E-state index contributed by atoms with van der Waals surface area (Å²) in [6.45, 7) is 1.82. The first kappa shape index (κ1) is 33.3. The highest BCUT2D eigenvalue weighted by molar-refractivity contribution is 8.00. The molecular formula is C30H30ClFN8O7S2. The molecule has 49 heavy (non-hydrogen) atoms. The summed E-state index contributed by atoms with van der Waals surface area (Å²) < 4.78 is 22.7. The SMILES string of the molecule is Nc1nc([C@@H](N)C(=O)N[C@@H]2C(=O)N3C(C(=O)O)=C(COC(=O)c4cn(C5CC5)c5c(Cl)c(N6CCNCC6)c(F)cc5c4=O)CS[C@H]23)cs1. The number of carbonyl (C=O) groups is 4. The highest BCUT2D eigenvalue weighted by atomic mass is 35.5. The standard InChI is InChI=1S/C30H30ClFN8O7S2/c31-18-22-14(7-16(32)23(18)38-5-3-35-4-6-38)24(41)15(8-39(22)13-1-2-13)29(46)47-9-12-10-48-27-20(26(43)40(27)21(12)28(44)45)37-25(42)19(33)17-11-49-30(34)36-17/h7-8,11,13,19-20,27,35H,1-6,9-10,33H2,(H2,34,36)(H,37,42)(H,44,45)/t19-,20-,27-/m1/s1. The van der Waals surface area contributed by atoms with E-state index in [1.165, 1.54) is 11.6 Å². The molecule has 1 saturated carbocycles. The number of piperazine rings is 1. The fraction of sp³-hybridized carbons (Fsp3) is 0.400. The molecule has 3 fully saturated rings. The van der Waals surface area contributed by atoms with Gasteiger partial charge in [-0.25, -0.2) is 19.0 Å². The Hall–Kier alpha value is -4.23. The quantitative estimate of drug-likeness (QED) is 0.155. The number of esters is 1. The van der Waals surface area contributed by atoms with Crippen molar-refractivity contribution in [1.29, 1.82) is 0 Å². The number of benzene rings is 1. The van der Waals surface area contributed by atoms with Crippen LogP contribution in [0.3, 0.4) is 0 Å². The smallest absolute Gasteiger partial charge is 0.352 e. The highest BCUT2D eigenvalue weighted by Gasteiger charge is 2.54. The zero-order valence-corrected chi connectivity index (χ0v) is 28.0. The van der Waals surface area contributed by atoms with E-state index in [9.17, 15) is 29.1 Å². The van der Waals surface area contributed by atoms with E-state index in [1.807, 2.05) is 4.90 Å². The largest absolute Gasteiger partial charge is 0.477 e. The molecule has 1 aromatic carbocycles. The number of hydrogen-bond donors (Lipinski definition) is 5. The number of amides is 2. The molecule has 7 rings (SSSR count). The van der Waals surface area contributed by atoms with Crippen molar-refractivity contribution >= 4 is 80.2 Å². The Morgan fingerprint density at radius 2 is 1.98 bits per heavy atom. The number of pyridine rings is 1. The Morgan fingerprint density at radius 1 is 1.24 bits per heavy atom. The van der Waals surface area contributed by atoms with Gasteiger partial charge in [-0.2, -0.15) is 0 Å². The first-order valence-corrected chi connectivity index (χ1v) is 17.6. The summed E-state index contributed by atoms with van der Waals surface area (Å²) in [5, 5.41) is 16.8. The average molecular weight is 733 g/mol. The Balaban J connectivity index is 1.11. The van der Waals surface area contributed by atoms with Crippen LogP contribution in [0.5, 0.6) is 0 Å². The lowest BCUT2D eigenvalue weighted by molar-refractivity contribution is -0.151. The maximum atomic E-state index is 15.5. The van der Waals surface area contributed by atoms with Crippen molar-refractivity contribution in [1.82, 2.24) is 25.1 Å². The molecule has 19 heteroatoms. The van der Waals surface area contributed by atoms with Crippen molar-refractivity contribution < 1.29 is 33.4 Å². The topological polar surface area (TPSA) is 215 Å². The second-order valence-electron chi connectivity index (χ2n) is 12.0. The Kier molecular flexibility index (Phi) is 8.76. The number of carbonyl (C=O) groups excluding carboxylic acids is 3. The summed E-state index contributed by atoms with van der Waals surface area (Å²) in [6, 6.07) is -1.18. The fourth-order valence-electron chi connectivity index (χ4n) is 6.24. The van der Waals surface area contributed by atoms with Crippen LogP contribution in [-0.2, 0) is 19.1 Å². The van der Waals surface area contributed by atoms with Gasteiger partial charge in [0.05, 0.1) is 27.3 Å². The number of thioether (sulfide) groups is 1. The van der Waals surface area contributed by atoms with Gasteiger partial charge in [0.15, 0.2) is 5.13 Å². The number of nitrogen functional groups attached to an aromatic ring is 1. The number of aliphatic carboxylic acids is 1. The number of nitrogens with two attached hydrogens (primary N) is 2. The van der Waals surface area contributed by atoms with Crippen LogP contribution in [0.2, 0.25) is 5.02 Å². The maximum absolute atomic E-state index is 15.5. The number of nitrogens with zero attached hydrogens (tertiary/aromatic N) is 4. The fourth-order valence-corrected chi connectivity index (χ4v) is 8.58. The van der Waals surface area contributed by atoms with Gasteiger partial charge in [0, 0.05) is 55.1 Å². The molecule has 0 bridgehead atoms. The van der Waals surface area contributed by atoms with E-state index in [1.54, 1.807) is 4.57 Å². The molecule has 7 N–H and O–H groups in total. The van der Waals surface area contributed by atoms with Gasteiger partial charge < -0.3 is 41.4 Å². The Labute approximate surface area is 290 Å². The molecular weight excluding hydrogens is 703 g/mol. The van der Waals surface area contributed by atoms with Crippen molar-refractivity contribution in [3.05, 3.63) is 61.2 Å². The van der Waals surface area contributed by atoms with E-state index in [0.29, 0.717) is 31.7 Å². The summed E-state index contributed by atoms with van der Waals surface area (Å²) in [6.07, 6.45) is 2.91. The molecule has 5 heterocycles. The number of nitrogens with one attached hydrogen (secondary N) is 2. The van der Waals surface area contributed by atoms with Crippen LogP contribution in [-0.4, -0.2) is 93.3 Å². The first-order valence-electron chi connectivity index (χ1n) is 15.3. The second-order valence-corrected chi connectivity index (χ2v) is 14.4. The number of hydrogen-bond acceptors (Lipinski definition) is 13. The lowest BCUT2D eigenvalue weighted by Crippen LogP contribution is -2.71. The number of halogens is 2. The number of anilines is 2. The minimum absolute atomic E-state index is 0.0457. The molecule has 2 saturated heterocycles. The molecule has 3 aliphatic heterocycles. The van der Waals surface area contributed by atoms with Crippen LogP contribution in [0, 0.1) is 5.82 Å². The van der Waals surface area contributed by atoms with Gasteiger partial charge in [-0.1, -0.05) is 11.6 Å². The molecule has 0 radical (unpaired) electrons. The van der Waals surface area contributed by atoms with Gasteiger partial charge in [0.2, 0.25) is 11.3 Å². The summed E-state index contributed by atoms with van der Waals surface area (Å²) in [5.74, 6) is -4.47. The van der Waals surface area contributed by atoms with Crippen molar-refractivity contribution in [2.75, 3.05) is 49.2 Å². The van der Waals surface area contributed by atoms with Crippen molar-refractivity contribution in [3.8, 4) is 0 Å². The average Bonchev–Trinajstić information content (AvgIpc) is 3.84. The summed E-state index contributed by atoms with van der Waals surface area (Å²) in [7, 11) is 0. The van der Waals surface area contributed by atoms with Crippen LogP contribution in [0.4, 0.5) is 15.2 Å². The van der Waals surface area contributed by atoms with Gasteiger partial charge in [-0.05, 0) is 18.9 Å². The molecule has 3 aromatic rings. The number of thiazole rings is 1. The van der Waals surface area contributed by atoms with Gasteiger partial charge >= 0.3 is 11.9 Å².